The smallest absolute Gasteiger partial charge is 0.258 e. The van der Waals surface area contributed by atoms with Crippen molar-refractivity contribution in [2.75, 3.05) is 23.7 Å². The molecule has 0 saturated heterocycles. The molecule has 2 aromatic carbocycles. The van der Waals surface area contributed by atoms with E-state index in [1.54, 1.807) is 11.1 Å². The molecule has 0 aromatic heterocycles. The molecule has 3 rings (SSSR count). The van der Waals surface area contributed by atoms with Gasteiger partial charge in [0.25, 0.3) is 5.91 Å². The van der Waals surface area contributed by atoms with E-state index in [9.17, 15) is 4.79 Å². The van der Waals surface area contributed by atoms with Gasteiger partial charge in [0.2, 0.25) is 0 Å². The van der Waals surface area contributed by atoms with Crippen molar-refractivity contribution < 1.29 is 4.79 Å². The molecule has 2 N–H and O–H groups in total. The molecule has 2 aromatic rings. The third-order valence-electron chi connectivity index (χ3n) is 4.02. The molecule has 0 spiro atoms. The van der Waals surface area contributed by atoms with Crippen molar-refractivity contribution in [3.8, 4) is 0 Å². The number of amides is 1. The van der Waals surface area contributed by atoms with Gasteiger partial charge in [-0.25, -0.2) is 0 Å². The van der Waals surface area contributed by atoms with E-state index in [0.29, 0.717) is 24.3 Å². The monoisotopic (exact) mass is 293 g/mol. The highest BCUT2D eigenvalue weighted by atomic mass is 16.2. The van der Waals surface area contributed by atoms with Crippen molar-refractivity contribution in [2.24, 2.45) is 4.99 Å². The molecule has 0 bridgehead atoms. The Labute approximate surface area is 130 Å². The number of anilines is 2. The lowest BCUT2D eigenvalue weighted by Crippen LogP contribution is -2.33. The van der Waals surface area contributed by atoms with Crippen LogP contribution in [0, 0.1) is 13.8 Å². The molecule has 0 fully saturated rings. The molecule has 0 aliphatic carbocycles. The molecule has 112 valence electrons. The number of nitrogens with two attached hydrogens (primary N) is 1. The first kappa shape index (κ1) is 14.3. The van der Waals surface area contributed by atoms with Crippen molar-refractivity contribution in [3.63, 3.8) is 0 Å². The number of aryl methyl sites for hydroxylation is 2. The molecule has 0 atom stereocenters. The molecule has 4 nitrogen and oxygen atoms in total. The summed E-state index contributed by atoms with van der Waals surface area (Å²) >= 11 is 0. The van der Waals surface area contributed by atoms with Crippen LogP contribution in [0.25, 0.3) is 0 Å². The maximum absolute atomic E-state index is 12.9. The van der Waals surface area contributed by atoms with E-state index in [2.05, 4.69) is 4.99 Å². The average Bonchev–Trinajstić information content (AvgIpc) is 2.71. The fourth-order valence-corrected chi connectivity index (χ4v) is 2.60. The van der Waals surface area contributed by atoms with Crippen molar-refractivity contribution in [1.82, 2.24) is 0 Å². The summed E-state index contributed by atoms with van der Waals surface area (Å²) in [5.41, 5.74) is 11.3. The Morgan fingerprint density at radius 1 is 1.14 bits per heavy atom. The Kier molecular flexibility index (Phi) is 3.67. The maximum atomic E-state index is 12.9. The van der Waals surface area contributed by atoms with E-state index in [1.165, 1.54) is 5.56 Å². The van der Waals surface area contributed by atoms with E-state index in [1.807, 2.05) is 50.2 Å². The van der Waals surface area contributed by atoms with Crippen LogP contribution in [0.4, 0.5) is 11.4 Å². The van der Waals surface area contributed by atoms with Gasteiger partial charge >= 0.3 is 0 Å². The van der Waals surface area contributed by atoms with Gasteiger partial charge in [0.05, 0.1) is 12.2 Å². The van der Waals surface area contributed by atoms with Crippen molar-refractivity contribution in [2.45, 2.75) is 13.8 Å². The molecular weight excluding hydrogens is 274 g/mol. The lowest BCUT2D eigenvalue weighted by molar-refractivity contribution is 0.0987. The fraction of sp³-hybridized carbons (Fsp3) is 0.222. The average molecular weight is 293 g/mol. The number of aliphatic imine (C=N–C) groups is 1. The number of fused-ring (bicyclic) bond motifs is 1. The van der Waals surface area contributed by atoms with Gasteiger partial charge in [0, 0.05) is 29.6 Å². The molecular formula is C18H19N3O. The van der Waals surface area contributed by atoms with Crippen LogP contribution in [0.3, 0.4) is 0 Å². The normalized spacial score (nSPS) is 13.6. The number of rotatable bonds is 1. The second kappa shape index (κ2) is 5.64. The fourth-order valence-electron chi connectivity index (χ4n) is 2.60. The predicted octanol–water partition coefficient (Wildman–Crippen LogP) is 2.96. The molecule has 0 unspecified atom stereocenters. The third kappa shape index (κ3) is 2.60. The van der Waals surface area contributed by atoms with Crippen LogP contribution in [0.2, 0.25) is 0 Å². The maximum Gasteiger partial charge on any atom is 0.258 e. The number of hydrogen-bond donors (Lipinski definition) is 1. The van der Waals surface area contributed by atoms with Gasteiger partial charge in [-0.15, -0.1) is 0 Å². The van der Waals surface area contributed by atoms with Crippen LogP contribution in [0.15, 0.2) is 41.4 Å². The quantitative estimate of drug-likeness (QED) is 0.822. The molecule has 1 aliphatic rings. The Balaban J connectivity index is 2.01. The first-order valence-electron chi connectivity index (χ1n) is 7.35. The summed E-state index contributed by atoms with van der Waals surface area (Å²) in [6.45, 7) is 5.22. The molecule has 0 radical (unpaired) electrons. The van der Waals surface area contributed by atoms with Gasteiger partial charge in [-0.3, -0.25) is 9.79 Å². The van der Waals surface area contributed by atoms with Gasteiger partial charge in [-0.1, -0.05) is 6.07 Å². The Morgan fingerprint density at radius 2 is 1.95 bits per heavy atom. The summed E-state index contributed by atoms with van der Waals surface area (Å²) < 4.78 is 0. The molecule has 22 heavy (non-hydrogen) atoms. The van der Waals surface area contributed by atoms with Gasteiger partial charge < -0.3 is 10.6 Å². The summed E-state index contributed by atoms with van der Waals surface area (Å²) in [4.78, 5) is 19.0. The van der Waals surface area contributed by atoms with Crippen molar-refractivity contribution >= 4 is 23.5 Å². The molecule has 4 heteroatoms. The van der Waals surface area contributed by atoms with Gasteiger partial charge in [0.15, 0.2) is 0 Å². The number of nitrogen functional groups attached to an aromatic ring is 1. The standard InChI is InChI=1S/C18H19N3O/c1-12-3-4-14(9-13(12)2)18(22)21-8-7-20-11-15-10-16(19)5-6-17(15)21/h3-6,9-11H,7-8,19H2,1-2H3. The Hall–Kier alpha value is -2.62. The van der Waals surface area contributed by atoms with Crippen LogP contribution >= 0.6 is 0 Å². The van der Waals surface area contributed by atoms with Crippen molar-refractivity contribution in [1.29, 1.82) is 0 Å². The lowest BCUT2D eigenvalue weighted by Gasteiger charge is -2.23. The zero-order valence-corrected chi connectivity index (χ0v) is 12.8. The van der Waals surface area contributed by atoms with Crippen molar-refractivity contribution in [3.05, 3.63) is 58.7 Å². The SMILES string of the molecule is Cc1ccc(C(=O)N2CCN=Cc3cc(N)ccc32)cc1C. The minimum atomic E-state index is -0.000351. The minimum Gasteiger partial charge on any atom is -0.399 e. The number of benzodiazepines with no additional fused rings is 1. The highest BCUT2D eigenvalue weighted by molar-refractivity contribution is 6.09. The van der Waals surface area contributed by atoms with Gasteiger partial charge in [-0.05, 0) is 55.3 Å². The van der Waals surface area contributed by atoms with E-state index in [0.717, 1.165) is 16.8 Å². The van der Waals surface area contributed by atoms with Crippen LogP contribution in [0.1, 0.15) is 27.0 Å². The van der Waals surface area contributed by atoms with Gasteiger partial charge in [-0.2, -0.15) is 0 Å². The Morgan fingerprint density at radius 3 is 2.73 bits per heavy atom. The number of carbonyl (C=O) groups is 1. The zero-order chi connectivity index (χ0) is 15.7. The number of carbonyl (C=O) groups excluding carboxylic acids is 1. The minimum absolute atomic E-state index is 0.000351. The summed E-state index contributed by atoms with van der Waals surface area (Å²) in [7, 11) is 0. The first-order valence-corrected chi connectivity index (χ1v) is 7.35. The van der Waals surface area contributed by atoms with Gasteiger partial charge in [0.1, 0.15) is 0 Å². The predicted molar refractivity (Wildman–Crippen MR) is 90.9 cm³/mol. The molecule has 0 saturated carbocycles. The zero-order valence-electron chi connectivity index (χ0n) is 12.8. The largest absolute Gasteiger partial charge is 0.399 e. The van der Waals surface area contributed by atoms with E-state index < -0.39 is 0 Å². The van der Waals surface area contributed by atoms with Crippen LogP contribution in [0.5, 0.6) is 0 Å². The summed E-state index contributed by atoms with van der Waals surface area (Å²) in [5, 5.41) is 0. The van der Waals surface area contributed by atoms with E-state index in [-0.39, 0.29) is 5.91 Å². The molecule has 1 amide bonds. The number of benzene rings is 2. The summed E-state index contributed by atoms with van der Waals surface area (Å²) in [6.07, 6.45) is 1.79. The molecule has 1 aliphatic heterocycles. The third-order valence-corrected chi connectivity index (χ3v) is 4.02. The Bertz CT molecular complexity index is 765. The first-order chi connectivity index (χ1) is 10.6. The van der Waals surface area contributed by atoms with Crippen LogP contribution in [-0.2, 0) is 0 Å². The second-order valence-electron chi connectivity index (χ2n) is 5.61. The highest BCUT2D eigenvalue weighted by Gasteiger charge is 2.21. The molecule has 1 heterocycles. The lowest BCUT2D eigenvalue weighted by atomic mass is 10.0. The second-order valence-corrected chi connectivity index (χ2v) is 5.61. The highest BCUT2D eigenvalue weighted by Crippen LogP contribution is 2.25. The number of nitrogens with zero attached hydrogens (tertiary/aromatic N) is 2. The van der Waals surface area contributed by atoms with Crippen LogP contribution < -0.4 is 10.6 Å². The summed E-state index contributed by atoms with van der Waals surface area (Å²) in [5.74, 6) is -0.000351. The number of hydrogen-bond acceptors (Lipinski definition) is 3. The van der Waals surface area contributed by atoms with Crippen LogP contribution in [-0.4, -0.2) is 25.2 Å². The van der Waals surface area contributed by atoms with E-state index in [4.69, 9.17) is 5.73 Å². The summed E-state index contributed by atoms with van der Waals surface area (Å²) in [6, 6.07) is 11.4. The van der Waals surface area contributed by atoms with E-state index >= 15 is 0 Å². The topological polar surface area (TPSA) is 58.7 Å².